The number of allylic oxidation sites excluding steroid dienone is 1. The van der Waals surface area contributed by atoms with Crippen LogP contribution in [0.5, 0.6) is 5.75 Å². The zero-order chi connectivity index (χ0) is 19.8. The van der Waals surface area contributed by atoms with Crippen LogP contribution in [0, 0.1) is 22.2 Å². The van der Waals surface area contributed by atoms with E-state index in [4.69, 9.17) is 22.7 Å². The first-order chi connectivity index (χ1) is 13.5. The van der Waals surface area contributed by atoms with Gasteiger partial charge >= 0.3 is 0 Å². The molecule has 3 N–H and O–H groups in total. The molecule has 2 aromatic carbocycles. The molecule has 140 valence electrons. The summed E-state index contributed by atoms with van der Waals surface area (Å²) in [4.78, 5) is 0.976. The second-order valence-corrected chi connectivity index (χ2v) is 8.15. The van der Waals surface area contributed by atoms with Crippen LogP contribution in [0.4, 0.5) is 5.82 Å². The molecule has 1 aliphatic rings. The fraction of sp³-hybridized carbons (Fsp3) is 0.143. The average Bonchev–Trinajstić information content (AvgIpc) is 3.02. The van der Waals surface area contributed by atoms with Crippen molar-refractivity contribution >= 4 is 29.4 Å². The van der Waals surface area contributed by atoms with Gasteiger partial charge in [-0.25, -0.2) is 0 Å². The Bertz CT molecular complexity index is 1180. The summed E-state index contributed by atoms with van der Waals surface area (Å²) in [5.41, 5.74) is 9.83. The third-order valence-electron chi connectivity index (χ3n) is 4.86. The molecule has 0 spiro atoms. The van der Waals surface area contributed by atoms with Crippen LogP contribution in [0.25, 0.3) is 5.69 Å². The lowest BCUT2D eigenvalue weighted by Gasteiger charge is -2.26. The number of nitrogens with two attached hydrogens (primary N) is 1. The van der Waals surface area contributed by atoms with Gasteiger partial charge in [-0.05, 0) is 48.5 Å². The van der Waals surface area contributed by atoms with Crippen molar-refractivity contribution in [3.63, 3.8) is 0 Å². The van der Waals surface area contributed by atoms with Crippen LogP contribution in [0.3, 0.4) is 0 Å². The van der Waals surface area contributed by atoms with Crippen molar-refractivity contribution < 1.29 is 4.74 Å². The van der Waals surface area contributed by atoms with Gasteiger partial charge in [-0.15, -0.1) is 11.3 Å². The van der Waals surface area contributed by atoms with Crippen LogP contribution in [0.15, 0.2) is 59.9 Å². The highest BCUT2D eigenvalue weighted by molar-refractivity contribution is 7.73. The van der Waals surface area contributed by atoms with Gasteiger partial charge in [0.2, 0.25) is 0 Å². The number of fused-ring (bicyclic) bond motifs is 1. The average molecular weight is 407 g/mol. The molecule has 4 rings (SSSR count). The summed E-state index contributed by atoms with van der Waals surface area (Å²) in [6.07, 6.45) is 0. The quantitative estimate of drug-likeness (QED) is 0.609. The van der Waals surface area contributed by atoms with E-state index in [1.807, 2.05) is 60.0 Å². The summed E-state index contributed by atoms with van der Waals surface area (Å²) in [6, 6.07) is 18.0. The number of para-hydroxylation sites is 1. The van der Waals surface area contributed by atoms with Gasteiger partial charge in [0, 0.05) is 0 Å². The Labute approximate surface area is 172 Å². The van der Waals surface area contributed by atoms with Crippen molar-refractivity contribution in [2.45, 2.75) is 12.8 Å². The summed E-state index contributed by atoms with van der Waals surface area (Å²) in [5, 5.41) is 13.0. The third kappa shape index (κ3) is 2.87. The lowest BCUT2D eigenvalue weighted by Crippen LogP contribution is -2.23. The molecular formula is C21H18N4OS2. The zero-order valence-corrected chi connectivity index (χ0v) is 17.0. The first-order valence-corrected chi connectivity index (χ1v) is 9.90. The smallest absolute Gasteiger partial charge is 0.167 e. The molecule has 0 fully saturated rings. The Morgan fingerprint density at radius 2 is 1.93 bits per heavy atom. The molecule has 7 heteroatoms. The Morgan fingerprint density at radius 1 is 1.21 bits per heavy atom. The van der Waals surface area contributed by atoms with E-state index in [1.165, 1.54) is 11.3 Å². The molecule has 0 saturated carbocycles. The van der Waals surface area contributed by atoms with Crippen molar-refractivity contribution in [1.82, 2.24) is 4.57 Å². The number of aromatic nitrogens is 1. The number of methoxy groups -OCH3 is 1. The Balaban J connectivity index is 1.95. The number of benzene rings is 2. The second kappa shape index (κ2) is 7.15. The molecule has 0 radical (unpaired) electrons. The predicted molar refractivity (Wildman–Crippen MR) is 115 cm³/mol. The molecule has 0 saturated heterocycles. The largest absolute Gasteiger partial charge is 0.497 e. The summed E-state index contributed by atoms with van der Waals surface area (Å²) in [5.74, 6) is 1.66. The minimum Gasteiger partial charge on any atom is -0.497 e. The predicted octanol–water partition coefficient (Wildman–Crippen LogP) is 4.84. The van der Waals surface area contributed by atoms with E-state index in [-0.39, 0.29) is 5.92 Å². The monoisotopic (exact) mass is 406 g/mol. The van der Waals surface area contributed by atoms with Crippen molar-refractivity contribution in [3.8, 4) is 17.5 Å². The van der Waals surface area contributed by atoms with Crippen LogP contribution < -0.4 is 15.8 Å². The molecule has 28 heavy (non-hydrogen) atoms. The maximum atomic E-state index is 9.78. The van der Waals surface area contributed by atoms with Gasteiger partial charge in [0.25, 0.3) is 0 Å². The number of hydrogen-bond acceptors (Lipinski definition) is 6. The maximum absolute atomic E-state index is 9.78. The molecular weight excluding hydrogens is 388 g/mol. The summed E-state index contributed by atoms with van der Waals surface area (Å²) in [7, 11) is 1.63. The summed E-state index contributed by atoms with van der Waals surface area (Å²) in [6.45, 7) is 2.05. The molecule has 0 bridgehead atoms. The van der Waals surface area contributed by atoms with Crippen LogP contribution in [0.2, 0.25) is 0 Å². The summed E-state index contributed by atoms with van der Waals surface area (Å²) < 4.78 is 7.97. The Kier molecular flexibility index (Phi) is 4.67. The highest BCUT2D eigenvalue weighted by Crippen LogP contribution is 2.45. The zero-order valence-electron chi connectivity index (χ0n) is 15.4. The topological polar surface area (TPSA) is 76.0 Å². The second-order valence-electron chi connectivity index (χ2n) is 6.47. The van der Waals surface area contributed by atoms with Crippen LogP contribution in [-0.2, 0) is 0 Å². The van der Waals surface area contributed by atoms with Gasteiger partial charge < -0.3 is 15.8 Å². The van der Waals surface area contributed by atoms with Gasteiger partial charge in [0.1, 0.15) is 17.4 Å². The number of nitrogens with one attached hydrogen (secondary N) is 1. The van der Waals surface area contributed by atoms with E-state index >= 15 is 0 Å². The van der Waals surface area contributed by atoms with Gasteiger partial charge in [-0.3, -0.25) is 4.57 Å². The van der Waals surface area contributed by atoms with Crippen molar-refractivity contribution in [1.29, 1.82) is 5.26 Å². The number of aryl methyl sites for hydroxylation is 1. The van der Waals surface area contributed by atoms with Crippen molar-refractivity contribution in [2.75, 3.05) is 12.4 Å². The van der Waals surface area contributed by atoms with Gasteiger partial charge in [0.05, 0.1) is 35.2 Å². The Hall–Kier alpha value is -3.08. The number of rotatable bonds is 3. The number of hydrogen-bond donors (Lipinski definition) is 2. The molecule has 1 aromatic heterocycles. The van der Waals surface area contributed by atoms with Crippen LogP contribution in [-0.4, -0.2) is 11.7 Å². The van der Waals surface area contributed by atoms with Crippen LogP contribution in [0.1, 0.15) is 21.9 Å². The lowest BCUT2D eigenvalue weighted by molar-refractivity contribution is 0.414. The van der Waals surface area contributed by atoms with E-state index in [1.54, 1.807) is 7.11 Å². The normalized spacial score (nSPS) is 15.5. The molecule has 0 amide bonds. The van der Waals surface area contributed by atoms with E-state index in [2.05, 4.69) is 11.4 Å². The first-order valence-electron chi connectivity index (χ1n) is 8.67. The number of thiazole rings is 1. The first kappa shape index (κ1) is 18.3. The van der Waals surface area contributed by atoms with Crippen LogP contribution >= 0.6 is 23.6 Å². The fourth-order valence-electron chi connectivity index (χ4n) is 3.46. The number of anilines is 1. The molecule has 1 aliphatic heterocycles. The highest BCUT2D eigenvalue weighted by Gasteiger charge is 2.33. The Morgan fingerprint density at radius 3 is 2.57 bits per heavy atom. The van der Waals surface area contributed by atoms with Crippen molar-refractivity contribution in [3.05, 3.63) is 79.9 Å². The third-order valence-corrected chi connectivity index (χ3v) is 6.30. The summed E-state index contributed by atoms with van der Waals surface area (Å²) >= 11 is 7.20. The maximum Gasteiger partial charge on any atom is 0.167 e. The molecule has 2 heterocycles. The standard InChI is InChI=1S/C21H18N4OS2/c1-12-5-3-4-6-16(12)25-20-18(28-21(25)27)17(15(11-22)19(23)24-20)13-7-9-14(26-2)10-8-13/h3-10,17,24H,23H2,1-2H3. The number of ether oxygens (including phenoxy) is 1. The van der Waals surface area contributed by atoms with Crippen molar-refractivity contribution in [2.24, 2.45) is 5.73 Å². The van der Waals surface area contributed by atoms with Gasteiger partial charge in [-0.2, -0.15) is 5.26 Å². The van der Waals surface area contributed by atoms with E-state index in [9.17, 15) is 5.26 Å². The molecule has 3 aromatic rings. The van der Waals surface area contributed by atoms with E-state index < -0.39 is 0 Å². The molecule has 0 aliphatic carbocycles. The van der Waals surface area contributed by atoms with E-state index in [0.717, 1.165) is 33.3 Å². The minimum absolute atomic E-state index is 0.274. The minimum atomic E-state index is -0.274. The highest BCUT2D eigenvalue weighted by atomic mass is 32.1. The molecule has 1 atom stereocenters. The molecule has 1 unspecified atom stereocenters. The SMILES string of the molecule is COc1ccc(C2C(C#N)=C(N)Nc3c2sc(=S)n3-c2ccccc2C)cc1. The van der Waals surface area contributed by atoms with Gasteiger partial charge in [0.15, 0.2) is 3.95 Å². The van der Waals surface area contributed by atoms with E-state index in [0.29, 0.717) is 15.3 Å². The molecule has 5 nitrogen and oxygen atoms in total. The van der Waals surface area contributed by atoms with Gasteiger partial charge in [-0.1, -0.05) is 30.3 Å². The number of nitrogens with zero attached hydrogens (tertiary/aromatic N) is 2. The fourth-order valence-corrected chi connectivity index (χ4v) is 5.00. The lowest BCUT2D eigenvalue weighted by atomic mass is 9.88. The number of nitriles is 1.